The average Bonchev–Trinajstić information content (AvgIpc) is 3.00. The number of amides is 1. The van der Waals surface area contributed by atoms with Gasteiger partial charge in [-0.25, -0.2) is 4.57 Å². The van der Waals surface area contributed by atoms with Crippen LogP contribution in [0.3, 0.4) is 0 Å². The van der Waals surface area contributed by atoms with Gasteiger partial charge in [0.1, 0.15) is 12.3 Å². The normalized spacial score (nSPS) is 10.8. The zero-order valence-electron chi connectivity index (χ0n) is 27.3. The van der Waals surface area contributed by atoms with Crippen molar-refractivity contribution >= 4 is 17.5 Å². The van der Waals surface area contributed by atoms with Gasteiger partial charge in [-0.2, -0.15) is 0 Å². The highest BCUT2D eigenvalue weighted by Crippen LogP contribution is 2.23. The van der Waals surface area contributed by atoms with Crippen LogP contribution in [0.25, 0.3) is 0 Å². The first-order valence-corrected chi connectivity index (χ1v) is 17.1. The van der Waals surface area contributed by atoms with Gasteiger partial charge in [-0.15, -0.1) is 0 Å². The second-order valence-electron chi connectivity index (χ2n) is 11.9. The Morgan fingerprint density at radius 3 is 2.09 bits per heavy atom. The molecule has 1 heterocycles. The molecule has 0 spiro atoms. The zero-order valence-corrected chi connectivity index (χ0v) is 30.3. The van der Waals surface area contributed by atoms with Gasteiger partial charge in [0.2, 0.25) is 0 Å². The van der Waals surface area contributed by atoms with Crippen LogP contribution in [0, 0.1) is 6.92 Å². The summed E-state index contributed by atoms with van der Waals surface area (Å²) in [6.45, 7) is 9.25. The van der Waals surface area contributed by atoms with Gasteiger partial charge in [0.25, 0.3) is 5.91 Å². The average molecular weight is 733 g/mol. The van der Waals surface area contributed by atoms with E-state index in [0.717, 1.165) is 48.4 Å². The van der Waals surface area contributed by atoms with E-state index >= 15 is 0 Å². The molecular formula is C38H54ClIN2O2. The Kier molecular flexibility index (Phi) is 19.4. The first-order chi connectivity index (χ1) is 21.0. The number of halogens is 2. The second kappa shape index (κ2) is 22.4. The lowest BCUT2D eigenvalue weighted by Crippen LogP contribution is -3.00. The molecule has 6 heteroatoms. The van der Waals surface area contributed by atoms with E-state index in [-0.39, 0.29) is 29.9 Å². The molecule has 1 aromatic heterocycles. The van der Waals surface area contributed by atoms with Crippen molar-refractivity contribution in [2.45, 2.75) is 124 Å². The monoisotopic (exact) mass is 732 g/mol. The van der Waals surface area contributed by atoms with Crippen LogP contribution in [0.5, 0.6) is 5.75 Å². The number of unbranched alkanes of at least 4 members (excludes halogenated alkanes) is 11. The third-order valence-corrected chi connectivity index (χ3v) is 8.44. The van der Waals surface area contributed by atoms with Gasteiger partial charge in [0.15, 0.2) is 12.4 Å². The minimum Gasteiger partial charge on any atom is -1.00 e. The van der Waals surface area contributed by atoms with Crippen molar-refractivity contribution in [2.75, 3.05) is 6.61 Å². The van der Waals surface area contributed by atoms with Gasteiger partial charge in [-0.05, 0) is 54.8 Å². The van der Waals surface area contributed by atoms with E-state index in [2.05, 4.69) is 62.0 Å². The summed E-state index contributed by atoms with van der Waals surface area (Å²) in [6.07, 6.45) is 21.3. The van der Waals surface area contributed by atoms with Crippen molar-refractivity contribution < 1.29 is 38.1 Å². The molecule has 0 saturated heterocycles. The number of aryl methyl sites for hydroxylation is 2. The van der Waals surface area contributed by atoms with Crippen molar-refractivity contribution in [3.63, 3.8) is 0 Å². The quantitative estimate of drug-likeness (QED) is 0.0656. The Bertz CT molecular complexity index is 1230. The first-order valence-electron chi connectivity index (χ1n) is 16.8. The Labute approximate surface area is 289 Å². The lowest BCUT2D eigenvalue weighted by atomic mass is 10.1. The molecule has 0 aliphatic heterocycles. The number of benzene rings is 2. The molecule has 0 aliphatic carbocycles. The van der Waals surface area contributed by atoms with Gasteiger partial charge in [0, 0.05) is 24.6 Å². The molecule has 0 radical (unpaired) electrons. The predicted octanol–water partition coefficient (Wildman–Crippen LogP) is 7.27. The number of ether oxygens (including phenoxy) is 1. The maximum Gasteiger partial charge on any atom is 0.255 e. The molecule has 0 N–H and O–H groups in total. The number of nitrogens with zero attached hydrogens (tertiary/aromatic N) is 2. The van der Waals surface area contributed by atoms with Gasteiger partial charge in [0.05, 0.1) is 23.7 Å². The van der Waals surface area contributed by atoms with Gasteiger partial charge in [-0.3, -0.25) is 4.79 Å². The number of aromatic nitrogens is 1. The number of carbonyl (C=O) groups excluding carboxylic acids is 1. The van der Waals surface area contributed by atoms with E-state index in [0.29, 0.717) is 23.7 Å². The van der Waals surface area contributed by atoms with Crippen LogP contribution in [0.2, 0.25) is 5.02 Å². The third-order valence-electron chi connectivity index (χ3n) is 8.11. The smallest absolute Gasteiger partial charge is 0.255 e. The van der Waals surface area contributed by atoms with Gasteiger partial charge < -0.3 is 33.6 Å². The lowest BCUT2D eigenvalue weighted by Gasteiger charge is -2.24. The minimum absolute atomic E-state index is 0. The molecular weight excluding hydrogens is 679 g/mol. The molecule has 0 fully saturated rings. The summed E-state index contributed by atoms with van der Waals surface area (Å²) >= 11 is 6.45. The summed E-state index contributed by atoms with van der Waals surface area (Å²) in [6, 6.07) is 17.7. The standard InChI is InChI=1S/C38H54ClN2O2.HI/c1-4-6-7-8-9-10-11-12-13-14-15-18-27-43-35-24-23-34(32(3)28-35)31-41(38(42)36-21-16-17-22-37(36)39)30-33-20-19-26-40(29-33)25-5-2;/h16-17,19-24,26,28-29H,4-15,18,25,27,30-31H2,1-3H3;1H/q+1;/p-1. The highest BCUT2D eigenvalue weighted by atomic mass is 127. The Hall–Kier alpha value is -2.12. The van der Waals surface area contributed by atoms with Crippen LogP contribution in [0.1, 0.15) is 124 Å². The third kappa shape index (κ3) is 13.9. The van der Waals surface area contributed by atoms with Crippen molar-refractivity contribution in [3.05, 3.63) is 94.3 Å². The molecule has 0 unspecified atom stereocenters. The zero-order chi connectivity index (χ0) is 30.7. The molecule has 4 nitrogen and oxygen atoms in total. The highest BCUT2D eigenvalue weighted by molar-refractivity contribution is 6.33. The first kappa shape index (κ1) is 38.1. The molecule has 3 rings (SSSR count). The fourth-order valence-corrected chi connectivity index (χ4v) is 5.78. The molecule has 0 atom stereocenters. The van der Waals surface area contributed by atoms with Crippen LogP contribution in [0.15, 0.2) is 67.0 Å². The fourth-order valence-electron chi connectivity index (χ4n) is 5.57. The topological polar surface area (TPSA) is 33.4 Å². The van der Waals surface area contributed by atoms with Crippen molar-refractivity contribution in [3.8, 4) is 5.75 Å². The minimum atomic E-state index is -0.0665. The van der Waals surface area contributed by atoms with E-state index < -0.39 is 0 Å². The van der Waals surface area contributed by atoms with E-state index in [1.54, 1.807) is 12.1 Å². The van der Waals surface area contributed by atoms with Crippen LogP contribution in [0.4, 0.5) is 0 Å². The van der Waals surface area contributed by atoms with Gasteiger partial charge >= 0.3 is 0 Å². The summed E-state index contributed by atoms with van der Waals surface area (Å²) < 4.78 is 8.28. The number of rotatable bonds is 21. The summed E-state index contributed by atoms with van der Waals surface area (Å²) in [7, 11) is 0. The van der Waals surface area contributed by atoms with Crippen molar-refractivity contribution in [2.24, 2.45) is 0 Å². The van der Waals surface area contributed by atoms with Crippen LogP contribution in [-0.2, 0) is 19.6 Å². The predicted molar refractivity (Wildman–Crippen MR) is 180 cm³/mol. The second-order valence-corrected chi connectivity index (χ2v) is 12.3. The van der Waals surface area contributed by atoms with Crippen molar-refractivity contribution in [1.82, 2.24) is 4.90 Å². The molecule has 2 aromatic carbocycles. The number of pyridine rings is 1. The molecule has 3 aromatic rings. The summed E-state index contributed by atoms with van der Waals surface area (Å²) in [5, 5.41) is 0.477. The Balaban J connectivity index is 0.00000675. The molecule has 0 bridgehead atoms. The van der Waals surface area contributed by atoms with Crippen molar-refractivity contribution in [1.29, 1.82) is 0 Å². The van der Waals surface area contributed by atoms with Crippen LogP contribution >= 0.6 is 11.6 Å². The van der Waals surface area contributed by atoms with E-state index in [1.807, 2.05) is 23.1 Å². The fraction of sp³-hybridized carbons (Fsp3) is 0.526. The van der Waals surface area contributed by atoms with E-state index in [4.69, 9.17) is 16.3 Å². The number of carbonyl (C=O) groups is 1. The summed E-state index contributed by atoms with van der Waals surface area (Å²) in [5.74, 6) is 0.833. The lowest BCUT2D eigenvalue weighted by molar-refractivity contribution is -0.697. The van der Waals surface area contributed by atoms with Crippen LogP contribution in [-0.4, -0.2) is 17.4 Å². The number of hydrogen-bond acceptors (Lipinski definition) is 2. The maximum atomic E-state index is 13.7. The molecule has 0 aliphatic rings. The number of hydrogen-bond donors (Lipinski definition) is 0. The maximum absolute atomic E-state index is 13.7. The largest absolute Gasteiger partial charge is 1.00 e. The Morgan fingerprint density at radius 1 is 0.795 bits per heavy atom. The molecule has 0 saturated carbocycles. The summed E-state index contributed by atoms with van der Waals surface area (Å²) in [5.41, 5.74) is 3.85. The molecule has 242 valence electrons. The SMILES string of the molecule is CCCCCCCCCCCCCCOc1ccc(CN(Cc2ccc[n+](CCC)c2)C(=O)c2ccccc2Cl)c(C)c1.[I-]. The van der Waals surface area contributed by atoms with E-state index in [9.17, 15) is 4.79 Å². The molecule has 44 heavy (non-hydrogen) atoms. The summed E-state index contributed by atoms with van der Waals surface area (Å²) in [4.78, 5) is 15.6. The highest BCUT2D eigenvalue weighted by Gasteiger charge is 2.21. The van der Waals surface area contributed by atoms with E-state index in [1.165, 1.54) is 70.6 Å². The van der Waals surface area contributed by atoms with Gasteiger partial charge in [-0.1, -0.05) is 114 Å². The molecule has 1 amide bonds. The Morgan fingerprint density at radius 2 is 1.45 bits per heavy atom. The van der Waals surface area contributed by atoms with Crippen LogP contribution < -0.4 is 33.3 Å².